The van der Waals surface area contributed by atoms with E-state index in [1.165, 1.54) is 25.1 Å². The van der Waals surface area contributed by atoms with Crippen molar-refractivity contribution in [1.29, 1.82) is 0 Å². The minimum atomic E-state index is -1.67. The number of hydrogen-bond donors (Lipinski definition) is 0. The Morgan fingerprint density at radius 3 is 2.40 bits per heavy atom. The van der Waals surface area contributed by atoms with Gasteiger partial charge in [0.2, 0.25) is 0 Å². The van der Waals surface area contributed by atoms with Crippen molar-refractivity contribution >= 4 is 23.2 Å². The second-order valence-electron chi connectivity index (χ2n) is 3.93. The smallest absolute Gasteiger partial charge is 0.324 e. The lowest BCUT2D eigenvalue weighted by Gasteiger charge is -2.11. The maximum Gasteiger partial charge on any atom is 0.324 e. The third kappa shape index (κ3) is 3.25. The number of esters is 1. The van der Waals surface area contributed by atoms with E-state index in [0.29, 0.717) is 0 Å². The largest absolute Gasteiger partial charge is 0.465 e. The van der Waals surface area contributed by atoms with Gasteiger partial charge >= 0.3 is 5.97 Å². The molecule has 7 nitrogen and oxygen atoms in total. The Labute approximate surface area is 114 Å². The van der Waals surface area contributed by atoms with Gasteiger partial charge in [0.25, 0.3) is 5.69 Å². The van der Waals surface area contributed by atoms with E-state index in [2.05, 4.69) is 4.74 Å². The van der Waals surface area contributed by atoms with E-state index >= 15 is 0 Å². The zero-order valence-corrected chi connectivity index (χ0v) is 11.0. The summed E-state index contributed by atoms with van der Waals surface area (Å²) in [6.45, 7) is 2.60. The average Bonchev–Trinajstić information content (AvgIpc) is 2.38. The lowest BCUT2D eigenvalue weighted by molar-refractivity contribution is -0.385. The number of hydrogen-bond acceptors (Lipinski definition) is 6. The van der Waals surface area contributed by atoms with Crippen molar-refractivity contribution in [2.75, 3.05) is 6.61 Å². The monoisotopic (exact) mass is 279 g/mol. The van der Waals surface area contributed by atoms with E-state index in [4.69, 9.17) is 0 Å². The molecule has 1 aromatic carbocycles. The summed E-state index contributed by atoms with van der Waals surface area (Å²) in [5.74, 6) is -4.31. The maximum absolute atomic E-state index is 12.2. The summed E-state index contributed by atoms with van der Waals surface area (Å²) >= 11 is 0. The van der Waals surface area contributed by atoms with Gasteiger partial charge in [-0.3, -0.25) is 24.5 Å². The first-order valence-corrected chi connectivity index (χ1v) is 5.84. The van der Waals surface area contributed by atoms with Crippen LogP contribution < -0.4 is 0 Å². The molecule has 1 unspecified atom stereocenters. The topological polar surface area (TPSA) is 104 Å². The number of nitro groups is 1. The molecule has 0 fully saturated rings. The van der Waals surface area contributed by atoms with Crippen molar-refractivity contribution in [3.05, 3.63) is 39.9 Å². The molecule has 0 aliphatic carbocycles. The Morgan fingerprint density at radius 2 is 1.90 bits per heavy atom. The fourth-order valence-corrected chi connectivity index (χ4v) is 1.68. The van der Waals surface area contributed by atoms with Crippen LogP contribution in [0.15, 0.2) is 24.3 Å². The Kier molecular flexibility index (Phi) is 5.08. The van der Waals surface area contributed by atoms with Crippen molar-refractivity contribution in [1.82, 2.24) is 0 Å². The van der Waals surface area contributed by atoms with Crippen molar-refractivity contribution in [2.45, 2.75) is 13.8 Å². The quantitative estimate of drug-likeness (QED) is 0.257. The Balaban J connectivity index is 3.23. The van der Waals surface area contributed by atoms with Gasteiger partial charge in [-0.15, -0.1) is 0 Å². The molecule has 1 rings (SSSR count). The van der Waals surface area contributed by atoms with Crippen molar-refractivity contribution in [2.24, 2.45) is 5.92 Å². The number of nitrogens with zero attached hydrogens (tertiary/aromatic N) is 1. The molecule has 0 aromatic heterocycles. The molecule has 0 saturated carbocycles. The molecule has 20 heavy (non-hydrogen) atoms. The molecule has 0 amide bonds. The Bertz CT molecular complexity index is 566. The number of ketones is 2. The number of ether oxygens (including phenoxy) is 1. The van der Waals surface area contributed by atoms with Crippen LogP contribution in [0.2, 0.25) is 0 Å². The van der Waals surface area contributed by atoms with Crippen LogP contribution in [0.4, 0.5) is 5.69 Å². The van der Waals surface area contributed by atoms with Crippen molar-refractivity contribution in [3.8, 4) is 0 Å². The number of carbonyl (C=O) groups excluding carboxylic acids is 3. The molecule has 0 heterocycles. The molecule has 0 bridgehead atoms. The number of rotatable bonds is 6. The summed E-state index contributed by atoms with van der Waals surface area (Å²) in [4.78, 5) is 45.4. The van der Waals surface area contributed by atoms with Gasteiger partial charge in [0, 0.05) is 6.07 Å². The highest BCUT2D eigenvalue weighted by atomic mass is 16.6. The molecule has 0 radical (unpaired) electrons. The van der Waals surface area contributed by atoms with Crippen LogP contribution in [-0.4, -0.2) is 29.1 Å². The van der Waals surface area contributed by atoms with Crippen LogP contribution in [0.1, 0.15) is 24.2 Å². The first-order valence-electron chi connectivity index (χ1n) is 5.84. The highest BCUT2D eigenvalue weighted by molar-refractivity contribution is 6.23. The molecule has 7 heteroatoms. The third-order valence-electron chi connectivity index (χ3n) is 2.56. The Morgan fingerprint density at radius 1 is 1.30 bits per heavy atom. The number of carbonyl (C=O) groups is 3. The van der Waals surface area contributed by atoms with E-state index in [9.17, 15) is 24.5 Å². The molecule has 1 atom stereocenters. The second kappa shape index (κ2) is 6.55. The van der Waals surface area contributed by atoms with Gasteiger partial charge in [-0.1, -0.05) is 12.1 Å². The van der Waals surface area contributed by atoms with E-state index in [1.54, 1.807) is 0 Å². The lowest BCUT2D eigenvalue weighted by Crippen LogP contribution is -2.32. The summed E-state index contributed by atoms with van der Waals surface area (Å²) in [7, 11) is 0. The number of benzene rings is 1. The minimum Gasteiger partial charge on any atom is -0.465 e. The molecule has 0 N–H and O–H groups in total. The second-order valence-corrected chi connectivity index (χ2v) is 3.93. The number of Topliss-reactive ketones (excluding diaryl/α,β-unsaturated/α-hetero) is 2. The number of para-hydroxylation sites is 1. The lowest BCUT2D eigenvalue weighted by atomic mass is 9.93. The standard InChI is InChI=1S/C13H13NO6/c1-3-20-13(17)11(8(2)15)12(16)9-6-4-5-7-10(9)14(18)19/h4-7,11H,3H2,1-2H3. The Hall–Kier alpha value is -2.57. The molecule has 0 aliphatic rings. The first-order chi connectivity index (χ1) is 9.40. The van der Waals surface area contributed by atoms with Gasteiger partial charge < -0.3 is 4.74 Å². The molecule has 0 aliphatic heterocycles. The number of nitro benzene ring substituents is 1. The predicted molar refractivity (Wildman–Crippen MR) is 68.2 cm³/mol. The normalized spacial score (nSPS) is 11.5. The predicted octanol–water partition coefficient (Wildman–Crippen LogP) is 1.55. The van der Waals surface area contributed by atoms with E-state index in [-0.39, 0.29) is 12.2 Å². The van der Waals surface area contributed by atoms with Crippen LogP contribution in [0, 0.1) is 16.0 Å². The highest BCUT2D eigenvalue weighted by Gasteiger charge is 2.36. The van der Waals surface area contributed by atoms with Gasteiger partial charge in [0.05, 0.1) is 17.1 Å². The summed E-state index contributed by atoms with van der Waals surface area (Å²) in [6.07, 6.45) is 0. The van der Waals surface area contributed by atoms with Gasteiger partial charge in [-0.25, -0.2) is 0 Å². The van der Waals surface area contributed by atoms with Crippen LogP contribution >= 0.6 is 0 Å². The molecule has 0 saturated heterocycles. The van der Waals surface area contributed by atoms with Crippen LogP contribution in [-0.2, 0) is 14.3 Å². The minimum absolute atomic E-state index is 0.00672. The highest BCUT2D eigenvalue weighted by Crippen LogP contribution is 2.22. The van der Waals surface area contributed by atoms with Gasteiger partial charge in [0.15, 0.2) is 17.5 Å². The molecule has 0 spiro atoms. The van der Waals surface area contributed by atoms with Gasteiger partial charge in [-0.05, 0) is 19.9 Å². The SMILES string of the molecule is CCOC(=O)C(C(C)=O)C(=O)c1ccccc1[N+](=O)[O-]. The fourth-order valence-electron chi connectivity index (χ4n) is 1.68. The molecule has 1 aromatic rings. The van der Waals surface area contributed by atoms with E-state index in [0.717, 1.165) is 13.0 Å². The van der Waals surface area contributed by atoms with Crippen LogP contribution in [0.5, 0.6) is 0 Å². The first kappa shape index (κ1) is 15.5. The van der Waals surface area contributed by atoms with E-state index in [1.807, 2.05) is 0 Å². The van der Waals surface area contributed by atoms with Crippen LogP contribution in [0.3, 0.4) is 0 Å². The fraction of sp³-hybridized carbons (Fsp3) is 0.308. The van der Waals surface area contributed by atoms with Crippen molar-refractivity contribution < 1.29 is 24.0 Å². The third-order valence-corrected chi connectivity index (χ3v) is 2.56. The van der Waals surface area contributed by atoms with Crippen molar-refractivity contribution in [3.63, 3.8) is 0 Å². The molecule has 106 valence electrons. The maximum atomic E-state index is 12.2. The molecular formula is C13H13NO6. The summed E-state index contributed by atoms with van der Waals surface area (Å²) < 4.78 is 4.66. The zero-order valence-electron chi connectivity index (χ0n) is 11.0. The zero-order chi connectivity index (χ0) is 15.3. The van der Waals surface area contributed by atoms with Crippen LogP contribution in [0.25, 0.3) is 0 Å². The average molecular weight is 279 g/mol. The van der Waals surface area contributed by atoms with Gasteiger partial charge in [0.1, 0.15) is 0 Å². The molecular weight excluding hydrogens is 266 g/mol. The van der Waals surface area contributed by atoms with Gasteiger partial charge in [-0.2, -0.15) is 0 Å². The van der Waals surface area contributed by atoms with E-state index < -0.39 is 34.1 Å². The summed E-state index contributed by atoms with van der Waals surface area (Å²) in [5.41, 5.74) is -0.737. The summed E-state index contributed by atoms with van der Waals surface area (Å²) in [5, 5.41) is 10.9. The summed E-state index contributed by atoms with van der Waals surface area (Å²) in [6, 6.07) is 5.15.